The standard InChI is InChI=1S/C21H25N3O3S/c1-12-11-16(24-20(27)21(2,3)4)28-17(12)19(26)23-14-7-5-13(6-8-14)18(25)22-15-9-10-15/h5-8,11,15H,9-10H2,1-4H3,(H,22,25)(H,23,26)(H,24,27). The van der Waals surface area contributed by atoms with Crippen molar-refractivity contribution in [2.24, 2.45) is 5.41 Å². The predicted molar refractivity (Wildman–Crippen MR) is 112 cm³/mol. The largest absolute Gasteiger partial charge is 0.349 e. The number of anilines is 2. The molecule has 1 fully saturated rings. The van der Waals surface area contributed by atoms with E-state index in [0.717, 1.165) is 18.4 Å². The Labute approximate surface area is 168 Å². The second-order valence-corrected chi connectivity index (χ2v) is 9.16. The fraction of sp³-hybridized carbons (Fsp3) is 0.381. The highest BCUT2D eigenvalue weighted by molar-refractivity contribution is 7.18. The van der Waals surface area contributed by atoms with Gasteiger partial charge >= 0.3 is 0 Å². The van der Waals surface area contributed by atoms with Crippen LogP contribution in [0.5, 0.6) is 0 Å². The Hall–Kier alpha value is -2.67. The third kappa shape index (κ3) is 4.98. The van der Waals surface area contributed by atoms with Gasteiger partial charge in [0.15, 0.2) is 0 Å². The summed E-state index contributed by atoms with van der Waals surface area (Å²) in [4.78, 5) is 37.3. The number of thiophene rings is 1. The number of carbonyl (C=O) groups excluding carboxylic acids is 3. The molecule has 6 nitrogen and oxygen atoms in total. The Morgan fingerprint density at radius 1 is 1.00 bits per heavy atom. The van der Waals surface area contributed by atoms with Gasteiger partial charge in [-0.15, -0.1) is 11.3 Å². The molecule has 0 spiro atoms. The lowest BCUT2D eigenvalue weighted by Crippen LogP contribution is -2.27. The molecule has 0 aliphatic heterocycles. The minimum absolute atomic E-state index is 0.0892. The lowest BCUT2D eigenvalue weighted by molar-refractivity contribution is -0.123. The molecule has 1 aromatic heterocycles. The summed E-state index contributed by atoms with van der Waals surface area (Å²) < 4.78 is 0. The van der Waals surface area contributed by atoms with Crippen molar-refractivity contribution in [3.05, 3.63) is 46.3 Å². The van der Waals surface area contributed by atoms with Gasteiger partial charge in [-0.25, -0.2) is 0 Å². The van der Waals surface area contributed by atoms with Gasteiger partial charge in [0.1, 0.15) is 0 Å². The molecule has 0 saturated heterocycles. The number of hydrogen-bond donors (Lipinski definition) is 3. The molecular weight excluding hydrogens is 374 g/mol. The van der Waals surface area contributed by atoms with E-state index in [9.17, 15) is 14.4 Å². The molecule has 0 radical (unpaired) electrons. The lowest BCUT2D eigenvalue weighted by Gasteiger charge is -2.16. The molecule has 148 valence electrons. The van der Waals surface area contributed by atoms with Crippen LogP contribution in [-0.2, 0) is 4.79 Å². The van der Waals surface area contributed by atoms with Gasteiger partial charge in [0.05, 0.1) is 9.88 Å². The van der Waals surface area contributed by atoms with E-state index in [1.165, 1.54) is 11.3 Å². The highest BCUT2D eigenvalue weighted by Gasteiger charge is 2.24. The molecule has 3 amide bonds. The molecule has 7 heteroatoms. The molecule has 1 saturated carbocycles. The van der Waals surface area contributed by atoms with E-state index in [4.69, 9.17) is 0 Å². The summed E-state index contributed by atoms with van der Waals surface area (Å²) in [5.41, 5.74) is 1.48. The summed E-state index contributed by atoms with van der Waals surface area (Å²) in [6, 6.07) is 8.93. The molecule has 3 N–H and O–H groups in total. The molecule has 3 rings (SSSR count). The normalized spacial score (nSPS) is 13.7. The van der Waals surface area contributed by atoms with Crippen LogP contribution in [0.15, 0.2) is 30.3 Å². The first kappa shape index (κ1) is 20.1. The first-order valence-corrected chi connectivity index (χ1v) is 10.1. The van der Waals surface area contributed by atoms with E-state index in [0.29, 0.717) is 27.2 Å². The summed E-state index contributed by atoms with van der Waals surface area (Å²) in [6.07, 6.45) is 2.08. The van der Waals surface area contributed by atoms with E-state index < -0.39 is 5.41 Å². The summed E-state index contributed by atoms with van der Waals surface area (Å²) in [7, 11) is 0. The van der Waals surface area contributed by atoms with Gasteiger partial charge in [-0.05, 0) is 55.7 Å². The lowest BCUT2D eigenvalue weighted by atomic mass is 9.96. The minimum atomic E-state index is -0.506. The number of amides is 3. The van der Waals surface area contributed by atoms with Crippen molar-refractivity contribution in [3.63, 3.8) is 0 Å². The van der Waals surface area contributed by atoms with Crippen molar-refractivity contribution in [3.8, 4) is 0 Å². The molecule has 1 aromatic carbocycles. The molecule has 1 heterocycles. The van der Waals surface area contributed by atoms with Gasteiger partial charge in [-0.1, -0.05) is 20.8 Å². The summed E-state index contributed by atoms with van der Waals surface area (Å²) in [6.45, 7) is 7.35. The molecule has 2 aromatic rings. The van der Waals surface area contributed by atoms with Crippen LogP contribution in [0.3, 0.4) is 0 Å². The number of hydrogen-bond acceptors (Lipinski definition) is 4. The number of aryl methyl sites for hydroxylation is 1. The zero-order chi connectivity index (χ0) is 20.5. The Bertz CT molecular complexity index is 906. The zero-order valence-electron chi connectivity index (χ0n) is 16.5. The molecule has 1 aliphatic rings. The first-order valence-electron chi connectivity index (χ1n) is 9.27. The van der Waals surface area contributed by atoms with Gasteiger partial charge in [0, 0.05) is 22.7 Å². The number of carbonyl (C=O) groups is 3. The van der Waals surface area contributed by atoms with Crippen molar-refractivity contribution in [2.75, 3.05) is 10.6 Å². The van der Waals surface area contributed by atoms with Crippen molar-refractivity contribution in [1.82, 2.24) is 5.32 Å². The van der Waals surface area contributed by atoms with Crippen LogP contribution in [0.2, 0.25) is 0 Å². The van der Waals surface area contributed by atoms with Crippen molar-refractivity contribution < 1.29 is 14.4 Å². The second kappa shape index (κ2) is 7.75. The Morgan fingerprint density at radius 3 is 2.21 bits per heavy atom. The third-order valence-electron chi connectivity index (χ3n) is 4.36. The summed E-state index contributed by atoms with van der Waals surface area (Å²) >= 11 is 1.25. The first-order chi connectivity index (χ1) is 13.1. The highest BCUT2D eigenvalue weighted by atomic mass is 32.1. The maximum atomic E-state index is 12.6. The number of rotatable bonds is 5. The van der Waals surface area contributed by atoms with Crippen LogP contribution in [-0.4, -0.2) is 23.8 Å². The zero-order valence-corrected chi connectivity index (χ0v) is 17.3. The monoisotopic (exact) mass is 399 g/mol. The van der Waals surface area contributed by atoms with E-state index in [1.807, 2.05) is 27.7 Å². The predicted octanol–water partition coefficient (Wildman–Crippen LogP) is 4.19. The van der Waals surface area contributed by atoms with Gasteiger partial charge in [0.25, 0.3) is 11.8 Å². The van der Waals surface area contributed by atoms with Crippen LogP contribution >= 0.6 is 11.3 Å². The number of benzene rings is 1. The Morgan fingerprint density at radius 2 is 1.64 bits per heavy atom. The molecule has 1 aliphatic carbocycles. The minimum Gasteiger partial charge on any atom is -0.349 e. The quantitative estimate of drug-likeness (QED) is 0.705. The van der Waals surface area contributed by atoms with Gasteiger partial charge in [-0.2, -0.15) is 0 Å². The van der Waals surface area contributed by atoms with Crippen LogP contribution in [0, 0.1) is 12.3 Å². The topological polar surface area (TPSA) is 87.3 Å². The SMILES string of the molecule is Cc1cc(NC(=O)C(C)(C)C)sc1C(=O)Nc1ccc(C(=O)NC2CC2)cc1. The van der Waals surface area contributed by atoms with Crippen molar-refractivity contribution in [1.29, 1.82) is 0 Å². The van der Waals surface area contributed by atoms with E-state index in [1.54, 1.807) is 30.3 Å². The van der Waals surface area contributed by atoms with Crippen LogP contribution in [0.1, 0.15) is 59.2 Å². The van der Waals surface area contributed by atoms with E-state index in [2.05, 4.69) is 16.0 Å². The second-order valence-electron chi connectivity index (χ2n) is 8.11. The average Bonchev–Trinajstić information content (AvgIpc) is 3.35. The molecule has 0 unspecified atom stereocenters. The van der Waals surface area contributed by atoms with Crippen LogP contribution < -0.4 is 16.0 Å². The summed E-state index contributed by atoms with van der Waals surface area (Å²) in [5, 5.41) is 9.28. The molecular formula is C21H25N3O3S. The fourth-order valence-electron chi connectivity index (χ4n) is 2.46. The van der Waals surface area contributed by atoms with Crippen LogP contribution in [0.25, 0.3) is 0 Å². The van der Waals surface area contributed by atoms with Gasteiger partial charge < -0.3 is 16.0 Å². The van der Waals surface area contributed by atoms with Gasteiger partial charge in [0.2, 0.25) is 5.91 Å². The maximum Gasteiger partial charge on any atom is 0.266 e. The number of nitrogens with one attached hydrogen (secondary N) is 3. The highest BCUT2D eigenvalue weighted by Crippen LogP contribution is 2.29. The van der Waals surface area contributed by atoms with E-state index >= 15 is 0 Å². The van der Waals surface area contributed by atoms with Crippen LogP contribution in [0.4, 0.5) is 10.7 Å². The molecule has 0 bridgehead atoms. The molecule has 0 atom stereocenters. The van der Waals surface area contributed by atoms with Crippen molar-refractivity contribution >= 4 is 39.7 Å². The van der Waals surface area contributed by atoms with E-state index in [-0.39, 0.29) is 17.7 Å². The van der Waals surface area contributed by atoms with Crippen molar-refractivity contribution in [2.45, 2.75) is 46.6 Å². The van der Waals surface area contributed by atoms with Gasteiger partial charge in [-0.3, -0.25) is 14.4 Å². The Balaban J connectivity index is 1.64. The maximum absolute atomic E-state index is 12.6. The third-order valence-corrected chi connectivity index (χ3v) is 5.51. The summed E-state index contributed by atoms with van der Waals surface area (Å²) in [5.74, 6) is -0.427. The average molecular weight is 400 g/mol. The Kier molecular flexibility index (Phi) is 5.56. The molecule has 28 heavy (non-hydrogen) atoms. The fourth-order valence-corrected chi connectivity index (χ4v) is 3.42. The smallest absolute Gasteiger partial charge is 0.266 e.